The van der Waals surface area contributed by atoms with Crippen LogP contribution in [-0.4, -0.2) is 37.6 Å². The molecule has 1 amide bonds. The molecule has 0 aliphatic heterocycles. The Morgan fingerprint density at radius 3 is 3.11 bits per heavy atom. The van der Waals surface area contributed by atoms with Crippen molar-refractivity contribution in [1.82, 2.24) is 30.5 Å². The number of imidazole rings is 1. The van der Waals surface area contributed by atoms with E-state index in [1.807, 2.05) is 0 Å². The Bertz CT molecular complexity index is 542. The molecule has 19 heavy (non-hydrogen) atoms. The van der Waals surface area contributed by atoms with Crippen LogP contribution >= 0.6 is 0 Å². The van der Waals surface area contributed by atoms with Gasteiger partial charge in [-0.2, -0.15) is 0 Å². The van der Waals surface area contributed by atoms with E-state index in [2.05, 4.69) is 30.5 Å². The van der Waals surface area contributed by atoms with Crippen molar-refractivity contribution in [2.24, 2.45) is 0 Å². The highest BCUT2D eigenvalue weighted by atomic mass is 16.2. The van der Waals surface area contributed by atoms with Crippen molar-refractivity contribution in [2.75, 3.05) is 6.54 Å². The lowest BCUT2D eigenvalue weighted by Crippen LogP contribution is -2.26. The molecule has 3 N–H and O–H groups in total. The Labute approximate surface area is 110 Å². The van der Waals surface area contributed by atoms with E-state index in [4.69, 9.17) is 0 Å². The van der Waals surface area contributed by atoms with Crippen molar-refractivity contribution in [2.45, 2.75) is 31.6 Å². The van der Waals surface area contributed by atoms with Gasteiger partial charge < -0.3 is 10.3 Å². The van der Waals surface area contributed by atoms with Gasteiger partial charge in [0.15, 0.2) is 0 Å². The van der Waals surface area contributed by atoms with E-state index < -0.39 is 0 Å². The average molecular weight is 260 g/mol. The van der Waals surface area contributed by atoms with E-state index >= 15 is 0 Å². The highest BCUT2D eigenvalue weighted by Crippen LogP contribution is 2.37. The summed E-state index contributed by atoms with van der Waals surface area (Å²) in [6.45, 7) is 0.590. The Morgan fingerprint density at radius 2 is 2.37 bits per heavy atom. The number of rotatable bonds is 6. The minimum atomic E-state index is -0.220. The normalized spacial score (nSPS) is 14.5. The Kier molecular flexibility index (Phi) is 3.26. The monoisotopic (exact) mass is 260 g/mol. The van der Waals surface area contributed by atoms with Crippen LogP contribution in [0, 0.1) is 0 Å². The van der Waals surface area contributed by atoms with Gasteiger partial charge in [-0.3, -0.25) is 9.89 Å². The van der Waals surface area contributed by atoms with E-state index in [1.165, 1.54) is 0 Å². The summed E-state index contributed by atoms with van der Waals surface area (Å²) in [5, 5.41) is 9.57. The summed E-state index contributed by atoms with van der Waals surface area (Å²) in [5.74, 6) is 2.26. The van der Waals surface area contributed by atoms with Crippen LogP contribution in [0.3, 0.4) is 0 Å². The molecule has 1 saturated carbocycles. The second-order valence-electron chi connectivity index (χ2n) is 4.71. The third-order valence-electron chi connectivity index (χ3n) is 3.10. The number of aryl methyl sites for hydroxylation is 1. The molecule has 7 nitrogen and oxygen atoms in total. The first-order chi connectivity index (χ1) is 9.33. The molecule has 3 rings (SSSR count). The van der Waals surface area contributed by atoms with Gasteiger partial charge in [-0.05, 0) is 19.3 Å². The Hall–Kier alpha value is -2.18. The van der Waals surface area contributed by atoms with Crippen LogP contribution < -0.4 is 5.32 Å². The summed E-state index contributed by atoms with van der Waals surface area (Å²) in [5.41, 5.74) is 0. The number of aromatic nitrogens is 5. The number of amides is 1. The van der Waals surface area contributed by atoms with Crippen molar-refractivity contribution in [3.05, 3.63) is 29.9 Å². The van der Waals surface area contributed by atoms with Gasteiger partial charge in [0.05, 0.1) is 0 Å². The number of nitrogens with zero attached hydrogens (tertiary/aromatic N) is 3. The molecule has 0 radical (unpaired) electrons. The van der Waals surface area contributed by atoms with E-state index in [1.54, 1.807) is 12.4 Å². The van der Waals surface area contributed by atoms with Crippen molar-refractivity contribution in [3.8, 4) is 0 Å². The minimum absolute atomic E-state index is 0.220. The zero-order chi connectivity index (χ0) is 13.1. The van der Waals surface area contributed by atoms with Crippen molar-refractivity contribution >= 4 is 5.91 Å². The molecule has 1 aliphatic carbocycles. The second-order valence-corrected chi connectivity index (χ2v) is 4.71. The van der Waals surface area contributed by atoms with Crippen LogP contribution in [0.4, 0.5) is 0 Å². The number of nitrogens with one attached hydrogen (secondary N) is 3. The number of carbonyl (C=O) groups is 1. The van der Waals surface area contributed by atoms with Crippen LogP contribution in [0.5, 0.6) is 0 Å². The third kappa shape index (κ3) is 2.98. The maximum absolute atomic E-state index is 11.8. The van der Waals surface area contributed by atoms with Gasteiger partial charge in [0.2, 0.25) is 5.82 Å². The number of hydrogen-bond acceptors (Lipinski definition) is 4. The second kappa shape index (κ2) is 5.21. The third-order valence-corrected chi connectivity index (χ3v) is 3.10. The zero-order valence-corrected chi connectivity index (χ0v) is 10.5. The lowest BCUT2D eigenvalue weighted by atomic mass is 10.3. The summed E-state index contributed by atoms with van der Waals surface area (Å²) in [7, 11) is 0. The molecule has 0 atom stereocenters. The molecule has 0 aromatic carbocycles. The molecule has 0 unspecified atom stereocenters. The summed E-state index contributed by atoms with van der Waals surface area (Å²) in [6.07, 6.45) is 7.44. The van der Waals surface area contributed by atoms with E-state index in [0.717, 1.165) is 37.3 Å². The fourth-order valence-corrected chi connectivity index (χ4v) is 1.89. The van der Waals surface area contributed by atoms with Gasteiger partial charge >= 0.3 is 0 Å². The molecular weight excluding hydrogens is 244 g/mol. The van der Waals surface area contributed by atoms with Crippen LogP contribution in [0.25, 0.3) is 0 Å². The zero-order valence-electron chi connectivity index (χ0n) is 10.5. The fourth-order valence-electron chi connectivity index (χ4n) is 1.89. The number of carbonyl (C=O) groups excluding carboxylic acids is 1. The molecule has 100 valence electrons. The number of aromatic amines is 2. The van der Waals surface area contributed by atoms with Gasteiger partial charge in [-0.1, -0.05) is 0 Å². The van der Waals surface area contributed by atoms with Crippen LogP contribution in [0.15, 0.2) is 12.4 Å². The molecule has 7 heteroatoms. The number of H-pyrrole nitrogens is 2. The summed E-state index contributed by atoms with van der Waals surface area (Å²) in [6, 6.07) is 0. The molecule has 2 aromatic rings. The quantitative estimate of drug-likeness (QED) is 0.668. The first-order valence-electron chi connectivity index (χ1n) is 6.51. The molecule has 2 aromatic heterocycles. The minimum Gasteiger partial charge on any atom is -0.349 e. The van der Waals surface area contributed by atoms with Crippen molar-refractivity contribution in [3.63, 3.8) is 0 Å². The molecule has 2 heterocycles. The molecule has 1 fully saturated rings. The molecule has 0 spiro atoms. The maximum atomic E-state index is 11.8. The average Bonchev–Trinajstić information content (AvgIpc) is 2.95. The summed E-state index contributed by atoms with van der Waals surface area (Å²) in [4.78, 5) is 23.1. The standard InChI is InChI=1S/C12H16N6O/c19-12(11-16-10(17-18-11)8-3-4-8)15-5-1-2-9-13-6-7-14-9/h6-8H,1-5H2,(H,13,14)(H,15,19)(H,16,17,18). The Balaban J connectivity index is 1.42. The van der Waals surface area contributed by atoms with Crippen LogP contribution in [0.2, 0.25) is 0 Å². The van der Waals surface area contributed by atoms with Crippen LogP contribution in [-0.2, 0) is 6.42 Å². The first-order valence-corrected chi connectivity index (χ1v) is 6.51. The maximum Gasteiger partial charge on any atom is 0.290 e. The molecule has 0 saturated heterocycles. The fraction of sp³-hybridized carbons (Fsp3) is 0.500. The summed E-state index contributed by atoms with van der Waals surface area (Å²) < 4.78 is 0. The highest BCUT2D eigenvalue weighted by molar-refractivity contribution is 5.90. The predicted octanol–water partition coefficient (Wildman–Crippen LogP) is 0.768. The largest absolute Gasteiger partial charge is 0.349 e. The van der Waals surface area contributed by atoms with Crippen molar-refractivity contribution < 1.29 is 4.79 Å². The smallest absolute Gasteiger partial charge is 0.290 e. The van der Waals surface area contributed by atoms with Gasteiger partial charge in [-0.15, -0.1) is 5.10 Å². The van der Waals surface area contributed by atoms with Gasteiger partial charge in [0.25, 0.3) is 5.91 Å². The lowest BCUT2D eigenvalue weighted by Gasteiger charge is -2.00. The van der Waals surface area contributed by atoms with Crippen molar-refractivity contribution in [1.29, 1.82) is 0 Å². The van der Waals surface area contributed by atoms with Crippen LogP contribution in [0.1, 0.15) is 47.4 Å². The van der Waals surface area contributed by atoms with E-state index in [9.17, 15) is 4.79 Å². The Morgan fingerprint density at radius 1 is 1.47 bits per heavy atom. The molecular formula is C12H16N6O. The van der Waals surface area contributed by atoms with E-state index in [-0.39, 0.29) is 11.7 Å². The van der Waals surface area contributed by atoms with Gasteiger partial charge in [0.1, 0.15) is 11.6 Å². The number of hydrogen-bond donors (Lipinski definition) is 3. The lowest BCUT2D eigenvalue weighted by molar-refractivity contribution is 0.0943. The topological polar surface area (TPSA) is 99.4 Å². The van der Waals surface area contributed by atoms with Gasteiger partial charge in [-0.25, -0.2) is 9.97 Å². The summed E-state index contributed by atoms with van der Waals surface area (Å²) >= 11 is 0. The van der Waals surface area contributed by atoms with E-state index in [0.29, 0.717) is 12.5 Å². The SMILES string of the molecule is O=C(NCCCc1ncc[nH]1)c1n[nH]c(C2CC2)n1. The predicted molar refractivity (Wildman–Crippen MR) is 67.6 cm³/mol. The van der Waals surface area contributed by atoms with Gasteiger partial charge in [0, 0.05) is 31.3 Å². The first kappa shape index (κ1) is 11.9. The molecule has 0 bridgehead atoms. The molecule has 1 aliphatic rings. The highest BCUT2D eigenvalue weighted by Gasteiger charge is 2.28.